The largest absolute Gasteiger partial charge is 0.494 e. The summed E-state index contributed by atoms with van der Waals surface area (Å²) in [5.41, 5.74) is 5.72. The standard InChI is InChI=1S/C35H34ClN3O4/c1-25-29(8-5-10-32(25)28-7-4-9-31(16-28)41-14-6-13-39-11-2-3-12-39)24-43-35-18-34(30(22-40)17-33(35)36)42-23-27-15-26(19-37)20-38-21-27/h4-5,7-10,15-18,20-22H,2-3,6,11-14,23-24H2,1H3. The lowest BCUT2D eigenvalue weighted by Gasteiger charge is -2.16. The first-order valence-electron chi connectivity index (χ1n) is 14.5. The number of hydrogen-bond donors (Lipinski definition) is 0. The minimum atomic E-state index is 0.132. The van der Waals surface area contributed by atoms with Crippen LogP contribution >= 0.6 is 11.6 Å². The van der Waals surface area contributed by atoms with Gasteiger partial charge in [0, 0.05) is 30.6 Å². The summed E-state index contributed by atoms with van der Waals surface area (Å²) in [6.45, 7) is 6.68. The molecule has 0 unspecified atom stereocenters. The summed E-state index contributed by atoms with van der Waals surface area (Å²) >= 11 is 6.47. The predicted octanol–water partition coefficient (Wildman–Crippen LogP) is 7.42. The summed E-state index contributed by atoms with van der Waals surface area (Å²) in [6.07, 6.45) is 7.41. The number of nitriles is 1. The molecule has 1 fully saturated rings. The molecule has 0 spiro atoms. The summed E-state index contributed by atoms with van der Waals surface area (Å²) in [4.78, 5) is 18.3. The van der Waals surface area contributed by atoms with Gasteiger partial charge in [-0.2, -0.15) is 5.26 Å². The molecule has 43 heavy (non-hydrogen) atoms. The molecule has 5 rings (SSSR count). The molecule has 0 bridgehead atoms. The Bertz CT molecular complexity index is 1610. The van der Waals surface area contributed by atoms with Gasteiger partial charge in [0.2, 0.25) is 0 Å². The van der Waals surface area contributed by atoms with Crippen molar-refractivity contribution in [2.45, 2.75) is 39.4 Å². The van der Waals surface area contributed by atoms with Gasteiger partial charge >= 0.3 is 0 Å². The van der Waals surface area contributed by atoms with E-state index >= 15 is 0 Å². The number of hydrogen-bond acceptors (Lipinski definition) is 7. The number of aromatic nitrogens is 1. The maximum absolute atomic E-state index is 11.7. The van der Waals surface area contributed by atoms with Crippen LogP contribution in [0.25, 0.3) is 11.1 Å². The van der Waals surface area contributed by atoms with Crippen molar-refractivity contribution in [2.24, 2.45) is 0 Å². The van der Waals surface area contributed by atoms with Gasteiger partial charge in [0.1, 0.15) is 36.5 Å². The van der Waals surface area contributed by atoms with Gasteiger partial charge in [-0.1, -0.05) is 41.9 Å². The van der Waals surface area contributed by atoms with Gasteiger partial charge in [0.05, 0.1) is 22.8 Å². The summed E-state index contributed by atoms with van der Waals surface area (Å²) < 4.78 is 18.1. The van der Waals surface area contributed by atoms with Gasteiger partial charge in [-0.15, -0.1) is 0 Å². The molecule has 1 aliphatic rings. The third-order valence-electron chi connectivity index (χ3n) is 7.57. The van der Waals surface area contributed by atoms with Crippen molar-refractivity contribution in [3.8, 4) is 34.4 Å². The summed E-state index contributed by atoms with van der Waals surface area (Å²) in [5.74, 6) is 1.60. The lowest BCUT2D eigenvalue weighted by atomic mass is 9.96. The first-order valence-corrected chi connectivity index (χ1v) is 14.8. The van der Waals surface area contributed by atoms with Crippen molar-refractivity contribution >= 4 is 17.9 Å². The number of nitrogens with zero attached hydrogens (tertiary/aromatic N) is 3. The van der Waals surface area contributed by atoms with Gasteiger partial charge in [0.25, 0.3) is 0 Å². The van der Waals surface area contributed by atoms with Gasteiger partial charge in [-0.25, -0.2) is 0 Å². The Kier molecular flexibility index (Phi) is 10.3. The SMILES string of the molecule is Cc1c(COc2cc(OCc3cncc(C#N)c3)c(C=O)cc2Cl)cccc1-c1cccc(OCCCN2CCCC2)c1. The Labute approximate surface area is 257 Å². The average molecular weight is 596 g/mol. The third-order valence-corrected chi connectivity index (χ3v) is 7.87. The average Bonchev–Trinajstić information content (AvgIpc) is 3.56. The van der Waals surface area contributed by atoms with Crippen molar-refractivity contribution in [3.05, 3.63) is 106 Å². The highest BCUT2D eigenvalue weighted by Crippen LogP contribution is 2.34. The molecule has 1 aliphatic heterocycles. The van der Waals surface area contributed by atoms with E-state index < -0.39 is 0 Å². The molecule has 0 amide bonds. The number of rotatable bonds is 13. The Morgan fingerprint density at radius 3 is 2.60 bits per heavy atom. The summed E-state index contributed by atoms with van der Waals surface area (Å²) in [5, 5.41) is 9.43. The van der Waals surface area contributed by atoms with E-state index in [9.17, 15) is 4.79 Å². The van der Waals surface area contributed by atoms with Gasteiger partial charge < -0.3 is 19.1 Å². The molecule has 1 aromatic heterocycles. The van der Waals surface area contributed by atoms with E-state index in [1.165, 1.54) is 38.2 Å². The lowest BCUT2D eigenvalue weighted by Crippen LogP contribution is -2.21. The second kappa shape index (κ2) is 14.7. The zero-order valence-corrected chi connectivity index (χ0v) is 25.0. The second-order valence-electron chi connectivity index (χ2n) is 10.6. The quantitative estimate of drug-likeness (QED) is 0.117. The number of carbonyl (C=O) groups is 1. The maximum Gasteiger partial charge on any atom is 0.153 e. The molecule has 4 aromatic rings. The first-order chi connectivity index (χ1) is 21.0. The molecule has 0 saturated carbocycles. The summed E-state index contributed by atoms with van der Waals surface area (Å²) in [7, 11) is 0. The van der Waals surface area contributed by atoms with E-state index in [4.69, 9.17) is 31.1 Å². The number of aldehydes is 1. The molecule has 3 aromatic carbocycles. The van der Waals surface area contributed by atoms with Crippen LogP contribution in [0.2, 0.25) is 5.02 Å². The fourth-order valence-electron chi connectivity index (χ4n) is 5.21. The van der Waals surface area contributed by atoms with Crippen molar-refractivity contribution in [1.82, 2.24) is 9.88 Å². The molecule has 220 valence electrons. The Balaban J connectivity index is 1.25. The van der Waals surface area contributed by atoms with Crippen LogP contribution in [0, 0.1) is 18.3 Å². The molecule has 7 nitrogen and oxygen atoms in total. The van der Waals surface area contributed by atoms with Crippen LogP contribution in [0.4, 0.5) is 0 Å². The van der Waals surface area contributed by atoms with E-state index in [0.29, 0.717) is 46.1 Å². The van der Waals surface area contributed by atoms with Crippen LogP contribution < -0.4 is 14.2 Å². The smallest absolute Gasteiger partial charge is 0.153 e. The Hall–Kier alpha value is -4.38. The Morgan fingerprint density at radius 2 is 1.79 bits per heavy atom. The van der Waals surface area contributed by atoms with E-state index in [1.807, 2.05) is 24.3 Å². The zero-order chi connectivity index (χ0) is 30.0. The Morgan fingerprint density at radius 1 is 0.977 bits per heavy atom. The third kappa shape index (κ3) is 7.92. The van der Waals surface area contributed by atoms with Crippen LogP contribution in [-0.2, 0) is 13.2 Å². The molecule has 0 N–H and O–H groups in total. The minimum Gasteiger partial charge on any atom is -0.494 e. The molecule has 0 aliphatic carbocycles. The molecule has 0 radical (unpaired) electrons. The zero-order valence-electron chi connectivity index (χ0n) is 24.2. The fourth-order valence-corrected chi connectivity index (χ4v) is 5.44. The minimum absolute atomic E-state index is 0.132. The molecule has 8 heteroatoms. The van der Waals surface area contributed by atoms with Crippen molar-refractivity contribution < 1.29 is 19.0 Å². The molecule has 2 heterocycles. The van der Waals surface area contributed by atoms with Crippen molar-refractivity contribution in [2.75, 3.05) is 26.2 Å². The predicted molar refractivity (Wildman–Crippen MR) is 167 cm³/mol. The number of carbonyl (C=O) groups excluding carboxylic acids is 1. The summed E-state index contributed by atoms with van der Waals surface area (Å²) in [6, 6.07) is 21.2. The van der Waals surface area contributed by atoms with Crippen LogP contribution in [0.15, 0.2) is 73.1 Å². The van der Waals surface area contributed by atoms with Crippen molar-refractivity contribution in [3.63, 3.8) is 0 Å². The number of ether oxygens (including phenoxy) is 3. The van der Waals surface area contributed by atoms with E-state index in [1.54, 1.807) is 18.3 Å². The van der Waals surface area contributed by atoms with Crippen LogP contribution in [0.1, 0.15) is 51.9 Å². The molecular formula is C35H34ClN3O4. The van der Waals surface area contributed by atoms with Crippen LogP contribution in [-0.4, -0.2) is 42.4 Å². The van der Waals surface area contributed by atoms with Gasteiger partial charge in [0.15, 0.2) is 6.29 Å². The molecule has 0 atom stereocenters. The fraction of sp³-hybridized carbons (Fsp3) is 0.286. The lowest BCUT2D eigenvalue weighted by molar-refractivity contribution is 0.111. The number of pyridine rings is 1. The van der Waals surface area contributed by atoms with E-state index in [-0.39, 0.29) is 13.2 Å². The molecular weight excluding hydrogens is 562 g/mol. The second-order valence-corrected chi connectivity index (χ2v) is 11.0. The van der Waals surface area contributed by atoms with E-state index in [0.717, 1.165) is 41.0 Å². The highest BCUT2D eigenvalue weighted by molar-refractivity contribution is 6.32. The van der Waals surface area contributed by atoms with Crippen molar-refractivity contribution in [1.29, 1.82) is 5.26 Å². The highest BCUT2D eigenvalue weighted by Gasteiger charge is 2.14. The number of likely N-dealkylation sites (tertiary alicyclic amines) is 1. The maximum atomic E-state index is 11.7. The monoisotopic (exact) mass is 595 g/mol. The van der Waals surface area contributed by atoms with Gasteiger partial charge in [-0.05, 0) is 85.8 Å². The van der Waals surface area contributed by atoms with E-state index in [2.05, 4.69) is 41.1 Å². The van der Waals surface area contributed by atoms with Crippen LogP contribution in [0.5, 0.6) is 17.2 Å². The van der Waals surface area contributed by atoms with Gasteiger partial charge in [-0.3, -0.25) is 9.78 Å². The topological polar surface area (TPSA) is 84.7 Å². The molecule has 1 saturated heterocycles. The number of benzene rings is 3. The van der Waals surface area contributed by atoms with Crippen LogP contribution in [0.3, 0.4) is 0 Å². The number of halogens is 1. The first kappa shape index (κ1) is 30.1. The highest BCUT2D eigenvalue weighted by atomic mass is 35.5. The normalized spacial score (nSPS) is 13.0.